The Bertz CT molecular complexity index is 924. The van der Waals surface area contributed by atoms with E-state index in [2.05, 4.69) is 4.98 Å². The average molecular weight is 362 g/mol. The van der Waals surface area contributed by atoms with Gasteiger partial charge in [0.2, 0.25) is 10.0 Å². The topological polar surface area (TPSA) is 90.1 Å². The molecule has 0 aliphatic heterocycles. The molecule has 25 heavy (non-hydrogen) atoms. The SMILES string of the molecule is CC1(C)[C@H](C(=O)Cc2cncc(F)c2)[C@H]1c1ccc(S(N)(=O)=O)cc1. The summed E-state index contributed by atoms with van der Waals surface area (Å²) in [5.41, 5.74) is 1.21. The first-order valence-electron chi connectivity index (χ1n) is 7.85. The molecule has 1 aromatic heterocycles. The van der Waals surface area contributed by atoms with Crippen LogP contribution in [-0.4, -0.2) is 19.2 Å². The first-order chi connectivity index (χ1) is 11.6. The van der Waals surface area contributed by atoms with E-state index in [1.54, 1.807) is 12.1 Å². The Morgan fingerprint density at radius 2 is 1.88 bits per heavy atom. The predicted molar refractivity (Wildman–Crippen MR) is 90.7 cm³/mol. The van der Waals surface area contributed by atoms with Crippen LogP contribution in [0.25, 0.3) is 0 Å². The molecule has 132 valence electrons. The van der Waals surface area contributed by atoms with Gasteiger partial charge in [-0.15, -0.1) is 0 Å². The van der Waals surface area contributed by atoms with Gasteiger partial charge in [0.05, 0.1) is 11.1 Å². The Kier molecular flexibility index (Phi) is 4.25. The number of hydrogen-bond acceptors (Lipinski definition) is 4. The van der Waals surface area contributed by atoms with Crippen molar-refractivity contribution in [3.8, 4) is 0 Å². The summed E-state index contributed by atoms with van der Waals surface area (Å²) < 4.78 is 35.9. The van der Waals surface area contributed by atoms with Crippen LogP contribution in [0.4, 0.5) is 4.39 Å². The minimum atomic E-state index is -3.74. The number of nitrogens with zero attached hydrogens (tertiary/aromatic N) is 1. The summed E-state index contributed by atoms with van der Waals surface area (Å²) in [5, 5.41) is 5.11. The number of Topliss-reactive ketones (excluding diaryl/α,β-unsaturated/α-hetero) is 1. The fourth-order valence-electron chi connectivity index (χ4n) is 3.59. The van der Waals surface area contributed by atoms with E-state index in [1.165, 1.54) is 24.4 Å². The highest BCUT2D eigenvalue weighted by atomic mass is 32.2. The number of benzene rings is 1. The first-order valence-corrected chi connectivity index (χ1v) is 9.40. The van der Waals surface area contributed by atoms with E-state index in [4.69, 9.17) is 5.14 Å². The molecule has 0 radical (unpaired) electrons. The molecular weight excluding hydrogens is 343 g/mol. The van der Waals surface area contributed by atoms with Gasteiger partial charge in [-0.1, -0.05) is 26.0 Å². The predicted octanol–water partition coefficient (Wildman–Crippen LogP) is 2.42. The molecule has 0 saturated heterocycles. The number of halogens is 1. The largest absolute Gasteiger partial charge is 0.299 e. The Morgan fingerprint density at radius 1 is 1.24 bits per heavy atom. The summed E-state index contributed by atoms with van der Waals surface area (Å²) in [5.74, 6) is -0.638. The van der Waals surface area contributed by atoms with Gasteiger partial charge >= 0.3 is 0 Å². The minimum Gasteiger partial charge on any atom is -0.299 e. The Hall–Kier alpha value is -2.12. The normalized spacial score (nSPS) is 21.8. The fraction of sp³-hybridized carbons (Fsp3) is 0.333. The smallest absolute Gasteiger partial charge is 0.238 e. The summed E-state index contributed by atoms with van der Waals surface area (Å²) in [7, 11) is -3.74. The van der Waals surface area contributed by atoms with Crippen LogP contribution in [0, 0.1) is 17.2 Å². The van der Waals surface area contributed by atoms with E-state index < -0.39 is 15.8 Å². The molecule has 2 atom stereocenters. The zero-order valence-electron chi connectivity index (χ0n) is 13.9. The Labute approximate surface area is 146 Å². The second-order valence-corrected chi connectivity index (χ2v) is 8.61. The number of aromatic nitrogens is 1. The van der Waals surface area contributed by atoms with Crippen molar-refractivity contribution in [2.45, 2.75) is 31.1 Å². The molecule has 1 fully saturated rings. The molecular formula is C18H19FN2O3S. The third-order valence-electron chi connectivity index (χ3n) is 4.88. The van der Waals surface area contributed by atoms with Crippen LogP contribution in [-0.2, 0) is 21.2 Å². The maximum Gasteiger partial charge on any atom is 0.238 e. The summed E-state index contributed by atoms with van der Waals surface area (Å²) in [6, 6.07) is 7.62. The third-order valence-corrected chi connectivity index (χ3v) is 5.81. The zero-order chi connectivity index (χ0) is 18.4. The van der Waals surface area contributed by atoms with Crippen LogP contribution >= 0.6 is 0 Å². The highest BCUT2D eigenvalue weighted by Crippen LogP contribution is 2.64. The second-order valence-electron chi connectivity index (χ2n) is 7.05. The molecule has 3 rings (SSSR count). The molecule has 0 bridgehead atoms. The van der Waals surface area contributed by atoms with E-state index in [9.17, 15) is 17.6 Å². The van der Waals surface area contributed by atoms with Crippen molar-refractivity contribution in [3.05, 3.63) is 59.7 Å². The number of primary sulfonamides is 1. The molecule has 2 aromatic rings. The lowest BCUT2D eigenvalue weighted by Crippen LogP contribution is -2.12. The molecule has 7 heteroatoms. The first kappa shape index (κ1) is 17.7. The van der Waals surface area contributed by atoms with Crippen molar-refractivity contribution in [3.63, 3.8) is 0 Å². The average Bonchev–Trinajstić information content (AvgIpc) is 3.09. The van der Waals surface area contributed by atoms with Crippen molar-refractivity contribution in [1.82, 2.24) is 4.98 Å². The molecule has 2 N–H and O–H groups in total. The highest BCUT2D eigenvalue weighted by molar-refractivity contribution is 7.89. The van der Waals surface area contributed by atoms with E-state index in [0.717, 1.165) is 11.8 Å². The number of rotatable bonds is 5. The molecule has 5 nitrogen and oxygen atoms in total. The summed E-state index contributed by atoms with van der Waals surface area (Å²) >= 11 is 0. The monoisotopic (exact) mass is 362 g/mol. The molecule has 1 saturated carbocycles. The third kappa shape index (κ3) is 3.48. The van der Waals surface area contributed by atoms with Gasteiger partial charge in [0.1, 0.15) is 11.6 Å². The molecule has 1 heterocycles. The van der Waals surface area contributed by atoms with Gasteiger partial charge in [0.25, 0.3) is 0 Å². The quantitative estimate of drug-likeness (QED) is 0.884. The van der Waals surface area contributed by atoms with Crippen LogP contribution in [0.5, 0.6) is 0 Å². The lowest BCUT2D eigenvalue weighted by Gasteiger charge is -2.04. The molecule has 0 amide bonds. The van der Waals surface area contributed by atoms with Crippen LogP contribution in [0.15, 0.2) is 47.6 Å². The van der Waals surface area contributed by atoms with E-state index in [0.29, 0.717) is 5.56 Å². The van der Waals surface area contributed by atoms with Gasteiger partial charge in [-0.05, 0) is 40.7 Å². The number of pyridine rings is 1. The fourth-order valence-corrected chi connectivity index (χ4v) is 4.10. The van der Waals surface area contributed by atoms with Crippen LogP contribution < -0.4 is 5.14 Å². The molecule has 0 spiro atoms. The minimum absolute atomic E-state index is 0.00366. The Morgan fingerprint density at radius 3 is 2.44 bits per heavy atom. The van der Waals surface area contributed by atoms with Gasteiger partial charge < -0.3 is 0 Å². The van der Waals surface area contributed by atoms with E-state index in [-0.39, 0.29) is 34.4 Å². The maximum absolute atomic E-state index is 13.2. The number of ketones is 1. The van der Waals surface area contributed by atoms with Gasteiger partial charge in [0.15, 0.2) is 0 Å². The number of hydrogen-bond donors (Lipinski definition) is 1. The molecule has 0 unspecified atom stereocenters. The van der Waals surface area contributed by atoms with Gasteiger partial charge in [-0.3, -0.25) is 9.78 Å². The van der Waals surface area contributed by atoms with Crippen LogP contribution in [0.2, 0.25) is 0 Å². The van der Waals surface area contributed by atoms with Crippen molar-refractivity contribution in [1.29, 1.82) is 0 Å². The number of carbonyl (C=O) groups excluding carboxylic acids is 1. The van der Waals surface area contributed by atoms with Gasteiger partial charge in [-0.2, -0.15) is 0 Å². The maximum atomic E-state index is 13.2. The summed E-state index contributed by atoms with van der Waals surface area (Å²) in [4.78, 5) is 16.5. The highest BCUT2D eigenvalue weighted by Gasteiger charge is 2.61. The van der Waals surface area contributed by atoms with Crippen molar-refractivity contribution < 1.29 is 17.6 Å². The summed E-state index contributed by atoms with van der Waals surface area (Å²) in [6.45, 7) is 4.00. The second kappa shape index (κ2) is 6.00. The van der Waals surface area contributed by atoms with E-state index in [1.807, 2.05) is 13.8 Å². The van der Waals surface area contributed by atoms with Crippen molar-refractivity contribution in [2.75, 3.05) is 0 Å². The lowest BCUT2D eigenvalue weighted by molar-refractivity contribution is -0.120. The van der Waals surface area contributed by atoms with Crippen molar-refractivity contribution in [2.24, 2.45) is 16.5 Å². The molecule has 1 aromatic carbocycles. The van der Waals surface area contributed by atoms with Gasteiger partial charge in [0, 0.05) is 18.5 Å². The molecule has 1 aliphatic carbocycles. The van der Waals surface area contributed by atoms with Crippen molar-refractivity contribution >= 4 is 15.8 Å². The molecule has 1 aliphatic rings. The van der Waals surface area contributed by atoms with E-state index >= 15 is 0 Å². The number of carbonyl (C=O) groups is 1. The zero-order valence-corrected chi connectivity index (χ0v) is 14.8. The van der Waals surface area contributed by atoms with Gasteiger partial charge in [-0.25, -0.2) is 17.9 Å². The standard InChI is InChI=1S/C18H19FN2O3S/c1-18(2)16(12-3-5-14(6-4-12)25(20,23)24)17(18)15(22)8-11-7-13(19)10-21-9-11/h3-7,9-10,16-17H,8H2,1-2H3,(H2,20,23,24)/t16-,17-/m1/s1. The number of nitrogens with two attached hydrogens (primary N) is 1. The number of sulfonamides is 1. The Balaban J connectivity index is 1.78. The lowest BCUT2D eigenvalue weighted by atomic mass is 10.0. The van der Waals surface area contributed by atoms with Crippen LogP contribution in [0.3, 0.4) is 0 Å². The summed E-state index contributed by atoms with van der Waals surface area (Å²) in [6.07, 6.45) is 2.72. The van der Waals surface area contributed by atoms with Crippen LogP contribution in [0.1, 0.15) is 30.9 Å².